The molecule has 0 atom stereocenters. The topological polar surface area (TPSA) is 57.0 Å². The Morgan fingerprint density at radius 1 is 1.64 bits per heavy atom. The number of halogens is 1. The summed E-state index contributed by atoms with van der Waals surface area (Å²) in [5, 5.41) is 0.0777. The molecule has 0 fully saturated rings. The standard InChI is InChI=1S/C8H6ClN3O2/c1-5(13)14-12-7-6(11-8(12)9)3-2-4-10-7/h2-4H,1H3. The van der Waals surface area contributed by atoms with Crippen molar-refractivity contribution in [3.63, 3.8) is 0 Å². The number of hydrogen-bond acceptors (Lipinski definition) is 4. The Balaban J connectivity index is 2.62. The Hall–Kier alpha value is -1.62. The number of aromatic nitrogens is 3. The van der Waals surface area contributed by atoms with Crippen LogP contribution in [-0.2, 0) is 4.79 Å². The molecule has 0 spiro atoms. The number of nitrogens with zero attached hydrogens (tertiary/aromatic N) is 3. The van der Waals surface area contributed by atoms with Gasteiger partial charge in [-0.3, -0.25) is 0 Å². The fourth-order valence-electron chi connectivity index (χ4n) is 1.07. The first kappa shape index (κ1) is 8.96. The van der Waals surface area contributed by atoms with Crippen LogP contribution < -0.4 is 4.84 Å². The maximum atomic E-state index is 10.7. The normalized spacial score (nSPS) is 10.4. The van der Waals surface area contributed by atoms with Crippen molar-refractivity contribution in [2.45, 2.75) is 6.92 Å². The molecule has 6 heteroatoms. The molecule has 0 radical (unpaired) electrons. The van der Waals surface area contributed by atoms with E-state index in [9.17, 15) is 4.79 Å². The van der Waals surface area contributed by atoms with E-state index in [2.05, 4.69) is 9.97 Å². The summed E-state index contributed by atoms with van der Waals surface area (Å²) in [5.41, 5.74) is 1.01. The third kappa shape index (κ3) is 1.42. The number of carbonyl (C=O) groups excluding carboxylic acids is 1. The molecule has 2 heterocycles. The third-order valence-corrected chi connectivity index (χ3v) is 1.80. The maximum Gasteiger partial charge on any atom is 0.330 e. The molecule has 0 saturated heterocycles. The Kier molecular flexibility index (Phi) is 2.09. The van der Waals surface area contributed by atoms with Crippen molar-refractivity contribution in [3.8, 4) is 0 Å². The highest BCUT2D eigenvalue weighted by molar-refractivity contribution is 6.29. The van der Waals surface area contributed by atoms with Crippen LogP contribution in [0.15, 0.2) is 18.3 Å². The number of imidazole rings is 1. The van der Waals surface area contributed by atoms with Gasteiger partial charge in [-0.15, -0.1) is 4.73 Å². The van der Waals surface area contributed by atoms with Crippen LogP contribution in [0.3, 0.4) is 0 Å². The van der Waals surface area contributed by atoms with Gasteiger partial charge in [0.2, 0.25) is 5.28 Å². The van der Waals surface area contributed by atoms with Gasteiger partial charge in [0.1, 0.15) is 5.52 Å². The van der Waals surface area contributed by atoms with Gasteiger partial charge in [-0.25, -0.2) is 14.8 Å². The molecular formula is C8H6ClN3O2. The van der Waals surface area contributed by atoms with Crippen molar-refractivity contribution in [2.75, 3.05) is 0 Å². The van der Waals surface area contributed by atoms with Gasteiger partial charge in [-0.05, 0) is 23.7 Å². The highest BCUT2D eigenvalue weighted by Crippen LogP contribution is 2.15. The lowest BCUT2D eigenvalue weighted by molar-refractivity contribution is -0.141. The Bertz CT molecular complexity index is 494. The van der Waals surface area contributed by atoms with E-state index in [0.29, 0.717) is 11.2 Å². The summed E-state index contributed by atoms with van der Waals surface area (Å²) in [4.78, 5) is 23.5. The van der Waals surface area contributed by atoms with Crippen LogP contribution in [-0.4, -0.2) is 20.7 Å². The van der Waals surface area contributed by atoms with E-state index in [-0.39, 0.29) is 5.28 Å². The smallest absolute Gasteiger partial charge is 0.330 e. The molecule has 0 bridgehead atoms. The number of hydrogen-bond donors (Lipinski definition) is 0. The highest BCUT2D eigenvalue weighted by Gasteiger charge is 2.11. The van der Waals surface area contributed by atoms with E-state index in [4.69, 9.17) is 16.4 Å². The van der Waals surface area contributed by atoms with Crippen LogP contribution in [0.25, 0.3) is 11.2 Å². The number of pyridine rings is 1. The highest BCUT2D eigenvalue weighted by atomic mass is 35.5. The summed E-state index contributed by atoms with van der Waals surface area (Å²) in [6.45, 7) is 1.28. The Morgan fingerprint density at radius 2 is 2.43 bits per heavy atom. The summed E-state index contributed by atoms with van der Waals surface area (Å²) >= 11 is 5.75. The molecule has 0 amide bonds. The van der Waals surface area contributed by atoms with Crippen molar-refractivity contribution >= 4 is 28.7 Å². The van der Waals surface area contributed by atoms with Gasteiger partial charge in [0, 0.05) is 13.1 Å². The molecule has 14 heavy (non-hydrogen) atoms. The molecule has 72 valence electrons. The lowest BCUT2D eigenvalue weighted by atomic mass is 10.4. The van der Waals surface area contributed by atoms with Crippen LogP contribution in [0.2, 0.25) is 5.28 Å². The molecule has 0 aliphatic heterocycles. The van der Waals surface area contributed by atoms with Gasteiger partial charge in [-0.1, -0.05) is 0 Å². The molecule has 0 unspecified atom stereocenters. The average molecular weight is 212 g/mol. The molecule has 2 rings (SSSR count). The second-order valence-electron chi connectivity index (χ2n) is 2.60. The molecule has 0 N–H and O–H groups in total. The second kappa shape index (κ2) is 3.26. The van der Waals surface area contributed by atoms with Crippen molar-refractivity contribution in [3.05, 3.63) is 23.6 Å². The number of carbonyl (C=O) groups is 1. The van der Waals surface area contributed by atoms with E-state index in [1.54, 1.807) is 18.3 Å². The fourth-order valence-corrected chi connectivity index (χ4v) is 1.28. The van der Waals surface area contributed by atoms with Crippen LogP contribution in [0, 0.1) is 0 Å². The first-order valence-electron chi connectivity index (χ1n) is 3.86. The van der Waals surface area contributed by atoms with Crippen LogP contribution in [0.4, 0.5) is 0 Å². The number of fused-ring (bicyclic) bond motifs is 1. The van der Waals surface area contributed by atoms with Crippen molar-refractivity contribution in [1.29, 1.82) is 0 Å². The third-order valence-electron chi connectivity index (χ3n) is 1.56. The van der Waals surface area contributed by atoms with Crippen molar-refractivity contribution in [2.24, 2.45) is 0 Å². The summed E-state index contributed by atoms with van der Waals surface area (Å²) in [6.07, 6.45) is 1.57. The summed E-state index contributed by atoms with van der Waals surface area (Å²) in [5.74, 6) is -0.475. The van der Waals surface area contributed by atoms with Gasteiger partial charge < -0.3 is 4.84 Å². The van der Waals surface area contributed by atoms with Crippen molar-refractivity contribution in [1.82, 2.24) is 14.7 Å². The molecule has 2 aromatic heterocycles. The van der Waals surface area contributed by atoms with E-state index in [1.807, 2.05) is 0 Å². The molecular weight excluding hydrogens is 206 g/mol. The first-order chi connectivity index (χ1) is 6.68. The SMILES string of the molecule is CC(=O)On1c(Cl)nc2cccnc21. The summed E-state index contributed by atoms with van der Waals surface area (Å²) in [7, 11) is 0. The van der Waals surface area contributed by atoms with Crippen LogP contribution >= 0.6 is 11.6 Å². The lowest BCUT2D eigenvalue weighted by Crippen LogP contribution is -2.16. The van der Waals surface area contributed by atoms with Crippen molar-refractivity contribution < 1.29 is 9.63 Å². The van der Waals surface area contributed by atoms with Gasteiger partial charge in [0.15, 0.2) is 5.65 Å². The van der Waals surface area contributed by atoms with Crippen LogP contribution in [0.1, 0.15) is 6.92 Å². The molecule has 2 aromatic rings. The summed E-state index contributed by atoms with van der Waals surface area (Å²) in [6, 6.07) is 3.46. The first-order valence-corrected chi connectivity index (χ1v) is 4.24. The lowest BCUT2D eigenvalue weighted by Gasteiger charge is -2.01. The number of rotatable bonds is 1. The van der Waals surface area contributed by atoms with Gasteiger partial charge in [0.25, 0.3) is 0 Å². The van der Waals surface area contributed by atoms with Gasteiger partial charge >= 0.3 is 5.97 Å². The average Bonchev–Trinajstić information content (AvgIpc) is 2.43. The summed E-state index contributed by atoms with van der Waals surface area (Å²) < 4.78 is 1.10. The Morgan fingerprint density at radius 3 is 3.14 bits per heavy atom. The molecule has 5 nitrogen and oxygen atoms in total. The van der Waals surface area contributed by atoms with Gasteiger partial charge in [-0.2, -0.15) is 0 Å². The predicted molar refractivity (Wildman–Crippen MR) is 49.8 cm³/mol. The minimum atomic E-state index is -0.475. The fraction of sp³-hybridized carbons (Fsp3) is 0.125. The van der Waals surface area contributed by atoms with E-state index < -0.39 is 5.97 Å². The zero-order chi connectivity index (χ0) is 10.1. The molecule has 0 saturated carbocycles. The zero-order valence-electron chi connectivity index (χ0n) is 7.27. The van der Waals surface area contributed by atoms with Crippen LogP contribution in [0.5, 0.6) is 0 Å². The monoisotopic (exact) mass is 211 g/mol. The van der Waals surface area contributed by atoms with E-state index in [1.165, 1.54) is 6.92 Å². The largest absolute Gasteiger partial charge is 0.332 e. The quantitative estimate of drug-likeness (QED) is 0.708. The van der Waals surface area contributed by atoms with E-state index in [0.717, 1.165) is 4.73 Å². The zero-order valence-corrected chi connectivity index (χ0v) is 8.02. The molecule has 0 aliphatic rings. The second-order valence-corrected chi connectivity index (χ2v) is 2.94. The van der Waals surface area contributed by atoms with E-state index >= 15 is 0 Å². The molecule has 0 aromatic carbocycles. The minimum absolute atomic E-state index is 0.0777. The Labute approximate surface area is 84.2 Å². The minimum Gasteiger partial charge on any atom is -0.332 e. The molecule has 0 aliphatic carbocycles. The predicted octanol–water partition coefficient (Wildman–Crippen LogP) is 1.06. The van der Waals surface area contributed by atoms with Gasteiger partial charge in [0.05, 0.1) is 0 Å². The maximum absolute atomic E-state index is 10.7.